The molecular weight excluding hydrogens is 290 g/mol. The molecule has 1 aliphatic rings. The molecule has 2 aromatic carbocycles. The van der Waals surface area contributed by atoms with E-state index < -0.39 is 6.10 Å². The number of benzene rings is 2. The zero-order valence-corrected chi connectivity index (χ0v) is 12.0. The van der Waals surface area contributed by atoms with E-state index in [0.29, 0.717) is 27.6 Å². The summed E-state index contributed by atoms with van der Waals surface area (Å²) in [5, 5.41) is 3.12. The van der Waals surface area contributed by atoms with Gasteiger partial charge in [-0.25, -0.2) is 0 Å². The molecule has 1 N–H and O–H groups in total. The minimum absolute atomic E-state index is 0.198. The van der Waals surface area contributed by atoms with Crippen LogP contribution in [0.25, 0.3) is 0 Å². The van der Waals surface area contributed by atoms with Crippen molar-refractivity contribution in [1.82, 2.24) is 0 Å². The molecule has 0 saturated carbocycles. The molecular formula is C16H12ClNO3. The van der Waals surface area contributed by atoms with Crippen molar-refractivity contribution >= 4 is 29.0 Å². The number of carbonyl (C=O) groups is 2. The standard InChI is InChI=1S/C16H12ClNO3/c1-9-16(20)18-13-8-10(6-7-14(13)21-9)15(19)11-4-2-3-5-12(11)17/h2-9H,1H3,(H,18,20). The van der Waals surface area contributed by atoms with E-state index in [1.54, 1.807) is 49.4 Å². The van der Waals surface area contributed by atoms with Gasteiger partial charge in [0.25, 0.3) is 5.91 Å². The molecule has 2 aromatic rings. The largest absolute Gasteiger partial charge is 0.479 e. The van der Waals surface area contributed by atoms with E-state index in [9.17, 15) is 9.59 Å². The average molecular weight is 302 g/mol. The third-order valence-electron chi connectivity index (χ3n) is 3.29. The summed E-state index contributed by atoms with van der Waals surface area (Å²) in [6.07, 6.45) is -0.539. The van der Waals surface area contributed by atoms with Crippen LogP contribution in [-0.4, -0.2) is 17.8 Å². The van der Waals surface area contributed by atoms with Gasteiger partial charge in [0.1, 0.15) is 5.75 Å². The monoisotopic (exact) mass is 301 g/mol. The highest BCUT2D eigenvalue weighted by Gasteiger charge is 2.24. The molecule has 4 nitrogen and oxygen atoms in total. The summed E-state index contributed by atoms with van der Waals surface area (Å²) in [7, 11) is 0. The number of rotatable bonds is 2. The Morgan fingerprint density at radius 1 is 1.24 bits per heavy atom. The Hall–Kier alpha value is -2.33. The van der Waals surface area contributed by atoms with Gasteiger partial charge in [0.05, 0.1) is 10.7 Å². The molecule has 106 valence electrons. The van der Waals surface area contributed by atoms with Crippen LogP contribution in [0.2, 0.25) is 5.02 Å². The summed E-state index contributed by atoms with van der Waals surface area (Å²) in [6, 6.07) is 11.8. The number of fused-ring (bicyclic) bond motifs is 1. The van der Waals surface area contributed by atoms with E-state index in [-0.39, 0.29) is 11.7 Å². The first-order valence-electron chi connectivity index (χ1n) is 6.47. The predicted octanol–water partition coefficient (Wildman–Crippen LogP) is 3.29. The normalized spacial score (nSPS) is 16.7. The zero-order valence-electron chi connectivity index (χ0n) is 11.2. The lowest BCUT2D eigenvalue weighted by Gasteiger charge is -2.23. The van der Waals surface area contributed by atoms with Gasteiger partial charge in [-0.1, -0.05) is 23.7 Å². The number of hydrogen-bond donors (Lipinski definition) is 1. The first-order chi connectivity index (χ1) is 10.1. The fourth-order valence-corrected chi connectivity index (χ4v) is 2.37. The lowest BCUT2D eigenvalue weighted by molar-refractivity contribution is -0.122. The third-order valence-corrected chi connectivity index (χ3v) is 3.62. The number of carbonyl (C=O) groups excluding carboxylic acids is 2. The number of nitrogens with one attached hydrogen (secondary N) is 1. The molecule has 3 rings (SSSR count). The van der Waals surface area contributed by atoms with Gasteiger partial charge in [-0.05, 0) is 37.3 Å². The maximum absolute atomic E-state index is 12.5. The van der Waals surface area contributed by atoms with E-state index in [2.05, 4.69) is 5.32 Å². The Kier molecular flexibility index (Phi) is 3.39. The first kappa shape index (κ1) is 13.6. The third kappa shape index (κ3) is 2.50. The number of amides is 1. The van der Waals surface area contributed by atoms with Crippen LogP contribution < -0.4 is 10.1 Å². The molecule has 0 saturated heterocycles. The van der Waals surface area contributed by atoms with Crippen molar-refractivity contribution in [3.8, 4) is 5.75 Å². The molecule has 0 spiro atoms. The number of ketones is 1. The molecule has 0 aliphatic carbocycles. The minimum Gasteiger partial charge on any atom is -0.479 e. The van der Waals surface area contributed by atoms with Crippen LogP contribution in [-0.2, 0) is 4.79 Å². The molecule has 0 radical (unpaired) electrons. The maximum atomic E-state index is 12.5. The summed E-state index contributed by atoms with van der Waals surface area (Å²) in [6.45, 7) is 1.67. The van der Waals surface area contributed by atoms with Crippen LogP contribution in [0.3, 0.4) is 0 Å². The molecule has 1 aliphatic heterocycles. The second-order valence-corrected chi connectivity index (χ2v) is 5.18. The summed E-state index contributed by atoms with van der Waals surface area (Å²) < 4.78 is 5.46. The highest BCUT2D eigenvalue weighted by molar-refractivity contribution is 6.35. The Labute approximate surface area is 126 Å². The predicted molar refractivity (Wildman–Crippen MR) is 80.0 cm³/mol. The van der Waals surface area contributed by atoms with Crippen LogP contribution in [0, 0.1) is 0 Å². The highest BCUT2D eigenvalue weighted by Crippen LogP contribution is 2.31. The maximum Gasteiger partial charge on any atom is 0.265 e. The Bertz CT molecular complexity index is 742. The van der Waals surface area contributed by atoms with E-state index in [1.807, 2.05) is 0 Å². The molecule has 5 heteroatoms. The molecule has 21 heavy (non-hydrogen) atoms. The summed E-state index contributed by atoms with van der Waals surface area (Å²) >= 11 is 6.04. The quantitative estimate of drug-likeness (QED) is 0.866. The van der Waals surface area contributed by atoms with Gasteiger partial charge in [-0.2, -0.15) is 0 Å². The van der Waals surface area contributed by atoms with Gasteiger partial charge < -0.3 is 10.1 Å². The van der Waals surface area contributed by atoms with Crippen molar-refractivity contribution in [2.75, 3.05) is 5.32 Å². The van der Waals surface area contributed by atoms with E-state index >= 15 is 0 Å². The SMILES string of the molecule is CC1Oc2ccc(C(=O)c3ccccc3Cl)cc2NC1=O. The van der Waals surface area contributed by atoms with Crippen LogP contribution in [0.5, 0.6) is 5.75 Å². The zero-order chi connectivity index (χ0) is 15.0. The number of halogens is 1. The minimum atomic E-state index is -0.539. The summed E-state index contributed by atoms with van der Waals surface area (Å²) in [5.41, 5.74) is 1.37. The first-order valence-corrected chi connectivity index (χ1v) is 6.85. The second-order valence-electron chi connectivity index (χ2n) is 4.77. The van der Waals surface area contributed by atoms with Gasteiger partial charge in [0.15, 0.2) is 11.9 Å². The number of ether oxygens (including phenoxy) is 1. The lowest BCUT2D eigenvalue weighted by Crippen LogP contribution is -2.34. The molecule has 0 fully saturated rings. The highest BCUT2D eigenvalue weighted by atomic mass is 35.5. The van der Waals surface area contributed by atoms with E-state index in [1.165, 1.54) is 0 Å². The van der Waals surface area contributed by atoms with Gasteiger partial charge in [-0.3, -0.25) is 9.59 Å². The Morgan fingerprint density at radius 3 is 2.76 bits per heavy atom. The smallest absolute Gasteiger partial charge is 0.265 e. The fraction of sp³-hybridized carbons (Fsp3) is 0.125. The average Bonchev–Trinajstić information content (AvgIpc) is 2.48. The van der Waals surface area contributed by atoms with Gasteiger partial charge in [0.2, 0.25) is 0 Å². The van der Waals surface area contributed by atoms with Crippen LogP contribution in [0.4, 0.5) is 5.69 Å². The molecule has 0 bridgehead atoms. The van der Waals surface area contributed by atoms with E-state index in [4.69, 9.17) is 16.3 Å². The number of anilines is 1. The number of hydrogen-bond acceptors (Lipinski definition) is 3. The van der Waals surface area contributed by atoms with Crippen molar-refractivity contribution in [1.29, 1.82) is 0 Å². The Morgan fingerprint density at radius 2 is 2.00 bits per heavy atom. The molecule has 1 heterocycles. The van der Waals surface area contributed by atoms with Gasteiger partial charge >= 0.3 is 0 Å². The molecule has 1 unspecified atom stereocenters. The summed E-state index contributed by atoms with van der Waals surface area (Å²) in [4.78, 5) is 24.1. The molecule has 1 amide bonds. The van der Waals surface area contributed by atoms with Crippen molar-refractivity contribution in [2.45, 2.75) is 13.0 Å². The van der Waals surface area contributed by atoms with E-state index in [0.717, 1.165) is 0 Å². The van der Waals surface area contributed by atoms with Crippen LogP contribution in [0.1, 0.15) is 22.8 Å². The fourth-order valence-electron chi connectivity index (χ4n) is 2.15. The van der Waals surface area contributed by atoms with Gasteiger partial charge in [-0.15, -0.1) is 0 Å². The summed E-state index contributed by atoms with van der Waals surface area (Å²) in [5.74, 6) is 0.124. The Balaban J connectivity index is 1.98. The molecule has 0 aromatic heterocycles. The van der Waals surface area contributed by atoms with Crippen molar-refractivity contribution in [3.05, 3.63) is 58.6 Å². The topological polar surface area (TPSA) is 55.4 Å². The molecule has 1 atom stereocenters. The second kappa shape index (κ2) is 5.22. The van der Waals surface area contributed by atoms with Crippen LogP contribution >= 0.6 is 11.6 Å². The lowest BCUT2D eigenvalue weighted by atomic mass is 10.0. The van der Waals surface area contributed by atoms with Crippen molar-refractivity contribution in [2.24, 2.45) is 0 Å². The van der Waals surface area contributed by atoms with Crippen LogP contribution in [0.15, 0.2) is 42.5 Å². The van der Waals surface area contributed by atoms with Crippen molar-refractivity contribution < 1.29 is 14.3 Å². The van der Waals surface area contributed by atoms with Gasteiger partial charge in [0, 0.05) is 11.1 Å². The van der Waals surface area contributed by atoms with Crippen molar-refractivity contribution in [3.63, 3.8) is 0 Å².